The third-order valence-corrected chi connectivity index (χ3v) is 1.92. The minimum absolute atomic E-state index is 0.210. The number of carbonyl (C=O) groups excluding carboxylic acids is 1. The number of carbonyl (C=O) groups is 1. The van der Waals surface area contributed by atoms with Gasteiger partial charge < -0.3 is 9.64 Å². The zero-order valence-corrected chi connectivity index (χ0v) is 10.5. The fraction of sp³-hybridized carbons (Fsp3) is 0.667. The Bertz CT molecular complexity index is 190. The predicted molar refractivity (Wildman–Crippen MR) is 62.2 cm³/mol. The molecule has 76 valence electrons. The van der Waals surface area contributed by atoms with Crippen molar-refractivity contribution in [3.05, 3.63) is 11.6 Å². The third-order valence-electron chi connectivity index (χ3n) is 1.48. The van der Waals surface area contributed by atoms with Crippen LogP contribution in [0.3, 0.4) is 0 Å². The fourth-order valence-electron chi connectivity index (χ4n) is 0.634. The Kier molecular flexibility index (Phi) is 7.26. The Labute approximate surface area is 93.3 Å². The van der Waals surface area contributed by atoms with Gasteiger partial charge in [-0.05, 0) is 21.0 Å². The van der Waals surface area contributed by atoms with Crippen molar-refractivity contribution in [3.8, 4) is 0 Å². The van der Waals surface area contributed by atoms with Crippen molar-refractivity contribution >= 4 is 28.6 Å². The smallest absolute Gasteiger partial charge is 0.333 e. The highest BCUT2D eigenvalue weighted by molar-refractivity contribution is 14.1. The van der Waals surface area contributed by atoms with Crippen LogP contribution in [-0.4, -0.2) is 42.5 Å². The highest BCUT2D eigenvalue weighted by atomic mass is 127. The summed E-state index contributed by atoms with van der Waals surface area (Å²) < 4.78 is 5.85. The van der Waals surface area contributed by atoms with E-state index in [2.05, 4.69) is 22.6 Å². The summed E-state index contributed by atoms with van der Waals surface area (Å²) in [6.45, 7) is 3.00. The number of halogens is 1. The normalized spacial score (nSPS) is 11.9. The maximum absolute atomic E-state index is 11.2. The molecule has 0 aliphatic rings. The Morgan fingerprint density at radius 3 is 2.62 bits per heavy atom. The number of hydrogen-bond acceptors (Lipinski definition) is 3. The van der Waals surface area contributed by atoms with Crippen molar-refractivity contribution in [2.24, 2.45) is 0 Å². The van der Waals surface area contributed by atoms with E-state index in [0.29, 0.717) is 12.2 Å². The molecule has 0 fully saturated rings. The molecule has 0 radical (unpaired) electrons. The van der Waals surface area contributed by atoms with Crippen LogP contribution in [-0.2, 0) is 9.53 Å². The molecule has 0 heterocycles. The standard InChI is InChI=1S/C9H16INO2/c1-8(4-5-10)9(12)13-7-6-11(2)3/h4H,5-7H2,1-3H3. The molecule has 0 spiro atoms. The van der Waals surface area contributed by atoms with Crippen LogP contribution in [0.25, 0.3) is 0 Å². The molecule has 4 heteroatoms. The number of hydrogen-bond donors (Lipinski definition) is 0. The molecular formula is C9H16INO2. The van der Waals surface area contributed by atoms with E-state index in [1.54, 1.807) is 6.92 Å². The minimum Gasteiger partial charge on any atom is -0.461 e. The van der Waals surface area contributed by atoms with Crippen LogP contribution in [0.2, 0.25) is 0 Å². The first-order valence-electron chi connectivity index (χ1n) is 4.12. The molecule has 0 aromatic rings. The third kappa shape index (κ3) is 7.01. The van der Waals surface area contributed by atoms with Crippen LogP contribution < -0.4 is 0 Å². The van der Waals surface area contributed by atoms with Gasteiger partial charge in [-0.3, -0.25) is 0 Å². The maximum Gasteiger partial charge on any atom is 0.333 e. The number of likely N-dealkylation sites (N-methyl/N-ethyl adjacent to an activating group) is 1. The Morgan fingerprint density at radius 1 is 1.54 bits per heavy atom. The van der Waals surface area contributed by atoms with Crippen molar-refractivity contribution < 1.29 is 9.53 Å². The molecule has 0 aliphatic carbocycles. The van der Waals surface area contributed by atoms with Crippen LogP contribution in [0.5, 0.6) is 0 Å². The van der Waals surface area contributed by atoms with Gasteiger partial charge in [-0.15, -0.1) is 0 Å². The van der Waals surface area contributed by atoms with Gasteiger partial charge in [0.1, 0.15) is 6.61 Å². The topological polar surface area (TPSA) is 29.5 Å². The maximum atomic E-state index is 11.2. The zero-order chi connectivity index (χ0) is 10.3. The van der Waals surface area contributed by atoms with Crippen molar-refractivity contribution in [1.82, 2.24) is 4.90 Å². The van der Waals surface area contributed by atoms with Crippen molar-refractivity contribution in [3.63, 3.8) is 0 Å². The molecule has 0 saturated carbocycles. The van der Waals surface area contributed by atoms with E-state index in [4.69, 9.17) is 4.74 Å². The number of nitrogens with zero attached hydrogens (tertiary/aromatic N) is 1. The predicted octanol–water partition coefficient (Wildman–Crippen LogP) is 1.47. The summed E-state index contributed by atoms with van der Waals surface area (Å²) in [7, 11) is 3.89. The van der Waals surface area contributed by atoms with Crippen LogP contribution in [0.15, 0.2) is 11.6 Å². The summed E-state index contributed by atoms with van der Waals surface area (Å²) in [6.07, 6.45) is 1.86. The van der Waals surface area contributed by atoms with Gasteiger partial charge in [-0.2, -0.15) is 0 Å². The molecule has 0 bridgehead atoms. The molecule has 13 heavy (non-hydrogen) atoms. The summed E-state index contributed by atoms with van der Waals surface area (Å²) in [5.41, 5.74) is 0.688. The molecule has 0 aromatic carbocycles. The van der Waals surface area contributed by atoms with Crippen molar-refractivity contribution in [2.75, 3.05) is 31.7 Å². The van der Waals surface area contributed by atoms with Crippen LogP contribution in [0.1, 0.15) is 6.92 Å². The number of esters is 1. The van der Waals surface area contributed by atoms with Gasteiger partial charge in [0.2, 0.25) is 0 Å². The molecule has 0 aromatic heterocycles. The van der Waals surface area contributed by atoms with E-state index < -0.39 is 0 Å². The van der Waals surface area contributed by atoms with Gasteiger partial charge in [0.05, 0.1) is 0 Å². The average molecular weight is 297 g/mol. The number of rotatable bonds is 5. The molecule has 0 atom stereocenters. The Morgan fingerprint density at radius 2 is 2.15 bits per heavy atom. The summed E-state index contributed by atoms with van der Waals surface area (Å²) in [5.74, 6) is -0.210. The summed E-state index contributed by atoms with van der Waals surface area (Å²) >= 11 is 2.19. The first-order valence-corrected chi connectivity index (χ1v) is 5.65. The van der Waals surface area contributed by atoms with Gasteiger partial charge in [0, 0.05) is 16.5 Å². The fourth-order valence-corrected chi connectivity index (χ4v) is 1.29. The lowest BCUT2D eigenvalue weighted by molar-refractivity contribution is -0.139. The number of ether oxygens (including phenoxy) is 1. The second-order valence-corrected chi connectivity index (χ2v) is 3.86. The molecule has 0 saturated heterocycles. The summed E-state index contributed by atoms with van der Waals surface area (Å²) in [6, 6.07) is 0. The molecule has 0 N–H and O–H groups in total. The SMILES string of the molecule is CC(=CCI)C(=O)OCCN(C)C. The number of allylic oxidation sites excluding steroid dienone is 1. The van der Waals surface area contributed by atoms with E-state index in [1.165, 1.54) is 0 Å². The monoisotopic (exact) mass is 297 g/mol. The molecule has 0 aliphatic heterocycles. The van der Waals surface area contributed by atoms with E-state index in [0.717, 1.165) is 11.0 Å². The van der Waals surface area contributed by atoms with Crippen molar-refractivity contribution in [1.29, 1.82) is 0 Å². The second-order valence-electron chi connectivity index (χ2n) is 2.98. The molecular weight excluding hydrogens is 281 g/mol. The minimum atomic E-state index is -0.210. The second kappa shape index (κ2) is 7.32. The van der Waals surface area contributed by atoms with Crippen LogP contribution >= 0.6 is 22.6 Å². The van der Waals surface area contributed by atoms with E-state index in [9.17, 15) is 4.79 Å². The van der Waals surface area contributed by atoms with E-state index in [-0.39, 0.29) is 5.97 Å². The van der Waals surface area contributed by atoms with Gasteiger partial charge in [-0.1, -0.05) is 28.7 Å². The lowest BCUT2D eigenvalue weighted by Gasteiger charge is -2.09. The van der Waals surface area contributed by atoms with Crippen LogP contribution in [0.4, 0.5) is 0 Å². The largest absolute Gasteiger partial charge is 0.461 e. The van der Waals surface area contributed by atoms with E-state index >= 15 is 0 Å². The summed E-state index contributed by atoms with van der Waals surface area (Å²) in [5, 5.41) is 0. The van der Waals surface area contributed by atoms with E-state index in [1.807, 2.05) is 25.1 Å². The van der Waals surface area contributed by atoms with Gasteiger partial charge in [0.25, 0.3) is 0 Å². The number of alkyl halides is 1. The van der Waals surface area contributed by atoms with Gasteiger partial charge >= 0.3 is 5.97 Å². The lowest BCUT2D eigenvalue weighted by atomic mass is 10.3. The average Bonchev–Trinajstić information content (AvgIpc) is 2.04. The first-order chi connectivity index (χ1) is 6.07. The summed E-state index contributed by atoms with van der Waals surface area (Å²) in [4.78, 5) is 13.2. The lowest BCUT2D eigenvalue weighted by Crippen LogP contribution is -2.20. The molecule has 3 nitrogen and oxygen atoms in total. The Hall–Kier alpha value is -0.100. The zero-order valence-electron chi connectivity index (χ0n) is 8.34. The van der Waals surface area contributed by atoms with Crippen molar-refractivity contribution in [2.45, 2.75) is 6.92 Å². The first kappa shape index (κ1) is 12.9. The highest BCUT2D eigenvalue weighted by Crippen LogP contribution is 1.98. The van der Waals surface area contributed by atoms with Gasteiger partial charge in [0.15, 0.2) is 0 Å². The quantitative estimate of drug-likeness (QED) is 0.333. The van der Waals surface area contributed by atoms with Crippen LogP contribution in [0, 0.1) is 0 Å². The van der Waals surface area contributed by atoms with Gasteiger partial charge in [-0.25, -0.2) is 4.79 Å². The Balaban J connectivity index is 3.69. The highest BCUT2D eigenvalue weighted by Gasteiger charge is 2.04. The molecule has 0 amide bonds. The molecule has 0 rings (SSSR count). The molecule has 0 unspecified atom stereocenters.